The lowest BCUT2D eigenvalue weighted by atomic mass is 10.0. The lowest BCUT2D eigenvalue weighted by Crippen LogP contribution is -2.41. The number of ketones is 1. The Hall–Kier alpha value is -1.19. The highest BCUT2D eigenvalue weighted by molar-refractivity contribution is 5.98. The van der Waals surface area contributed by atoms with Crippen molar-refractivity contribution < 1.29 is 9.53 Å². The highest BCUT2D eigenvalue weighted by Gasteiger charge is 2.22. The fourth-order valence-corrected chi connectivity index (χ4v) is 2.76. The minimum Gasteiger partial charge on any atom is -0.380 e. The van der Waals surface area contributed by atoms with Crippen LogP contribution in [0.4, 0.5) is 0 Å². The highest BCUT2D eigenvalue weighted by Crippen LogP contribution is 2.15. The van der Waals surface area contributed by atoms with Crippen molar-refractivity contribution in [1.82, 2.24) is 4.90 Å². The van der Waals surface area contributed by atoms with Gasteiger partial charge in [0.15, 0.2) is 5.78 Å². The fourth-order valence-electron chi connectivity index (χ4n) is 2.76. The Morgan fingerprint density at radius 3 is 2.89 bits per heavy atom. The second-order valence-corrected chi connectivity index (χ2v) is 5.48. The van der Waals surface area contributed by atoms with Crippen LogP contribution in [0.15, 0.2) is 18.2 Å². The normalized spacial score (nSPS) is 20.5. The summed E-state index contributed by atoms with van der Waals surface area (Å²) in [5.41, 5.74) is 3.13. The molecule has 0 aromatic heterocycles. The van der Waals surface area contributed by atoms with Crippen LogP contribution in [0.25, 0.3) is 0 Å². The van der Waals surface area contributed by atoms with E-state index in [0.29, 0.717) is 6.54 Å². The number of piperidine rings is 1. The van der Waals surface area contributed by atoms with Crippen LogP contribution in [0.2, 0.25) is 0 Å². The molecular formula is C16H23NO2. The molecule has 3 heteroatoms. The summed E-state index contributed by atoms with van der Waals surface area (Å²) in [5, 5.41) is 0. The molecular weight excluding hydrogens is 238 g/mol. The van der Waals surface area contributed by atoms with Gasteiger partial charge in [0.25, 0.3) is 0 Å². The first kappa shape index (κ1) is 14.2. The van der Waals surface area contributed by atoms with Gasteiger partial charge in [0, 0.05) is 19.2 Å². The van der Waals surface area contributed by atoms with E-state index < -0.39 is 0 Å². The Kier molecular flexibility index (Phi) is 4.72. The summed E-state index contributed by atoms with van der Waals surface area (Å²) in [5.74, 6) is 0.217. The number of rotatable bonds is 4. The van der Waals surface area contributed by atoms with Gasteiger partial charge in [-0.15, -0.1) is 0 Å². The lowest BCUT2D eigenvalue weighted by Gasteiger charge is -2.31. The largest absolute Gasteiger partial charge is 0.380 e. The van der Waals surface area contributed by atoms with Crippen LogP contribution in [0.3, 0.4) is 0 Å². The summed E-state index contributed by atoms with van der Waals surface area (Å²) >= 11 is 0. The van der Waals surface area contributed by atoms with E-state index in [0.717, 1.165) is 37.1 Å². The van der Waals surface area contributed by atoms with Gasteiger partial charge in [0.05, 0.1) is 12.6 Å². The molecule has 104 valence electrons. The van der Waals surface area contributed by atoms with E-state index in [2.05, 4.69) is 17.9 Å². The van der Waals surface area contributed by atoms with Crippen molar-refractivity contribution >= 4 is 5.78 Å². The number of likely N-dealkylation sites (tertiary alicyclic amines) is 1. The minimum absolute atomic E-state index is 0.217. The molecule has 1 unspecified atom stereocenters. The fraction of sp³-hybridized carbons (Fsp3) is 0.562. The van der Waals surface area contributed by atoms with Crippen LogP contribution < -0.4 is 0 Å². The van der Waals surface area contributed by atoms with E-state index >= 15 is 0 Å². The molecule has 0 bridgehead atoms. The van der Waals surface area contributed by atoms with Crippen molar-refractivity contribution in [1.29, 1.82) is 0 Å². The monoisotopic (exact) mass is 261 g/mol. The Morgan fingerprint density at radius 1 is 1.42 bits per heavy atom. The molecule has 1 aliphatic heterocycles. The van der Waals surface area contributed by atoms with Gasteiger partial charge in [-0.05, 0) is 38.8 Å². The first-order valence-corrected chi connectivity index (χ1v) is 6.95. The van der Waals surface area contributed by atoms with Gasteiger partial charge in [-0.2, -0.15) is 0 Å². The number of hydrogen-bond donors (Lipinski definition) is 0. The maximum atomic E-state index is 12.4. The number of hydrogen-bond acceptors (Lipinski definition) is 3. The Labute approximate surface area is 115 Å². The molecule has 1 fully saturated rings. The molecule has 1 aromatic rings. The molecule has 1 aliphatic rings. The predicted octanol–water partition coefficient (Wildman–Crippen LogP) is 2.60. The van der Waals surface area contributed by atoms with Crippen LogP contribution >= 0.6 is 0 Å². The Bertz CT molecular complexity index is 456. The van der Waals surface area contributed by atoms with Gasteiger partial charge in [0.2, 0.25) is 0 Å². The molecule has 2 rings (SSSR count). The van der Waals surface area contributed by atoms with Crippen LogP contribution in [0, 0.1) is 13.8 Å². The van der Waals surface area contributed by atoms with Crippen LogP contribution in [-0.2, 0) is 4.74 Å². The third-order valence-corrected chi connectivity index (χ3v) is 3.85. The third-order valence-electron chi connectivity index (χ3n) is 3.85. The number of benzene rings is 1. The maximum Gasteiger partial charge on any atom is 0.177 e. The van der Waals surface area contributed by atoms with Crippen LogP contribution in [-0.4, -0.2) is 43.5 Å². The van der Waals surface area contributed by atoms with Crippen molar-refractivity contribution in [2.24, 2.45) is 0 Å². The molecule has 0 spiro atoms. The van der Waals surface area contributed by atoms with Crippen molar-refractivity contribution in [2.45, 2.75) is 32.8 Å². The quantitative estimate of drug-likeness (QED) is 0.780. The lowest BCUT2D eigenvalue weighted by molar-refractivity contribution is 0.0314. The zero-order chi connectivity index (χ0) is 13.8. The number of aryl methyl sites for hydroxylation is 2. The topological polar surface area (TPSA) is 29.5 Å². The number of methoxy groups -OCH3 is 1. The number of nitrogens with zero attached hydrogens (tertiary/aromatic N) is 1. The van der Waals surface area contributed by atoms with E-state index in [-0.39, 0.29) is 11.9 Å². The van der Waals surface area contributed by atoms with Crippen molar-refractivity contribution in [3.63, 3.8) is 0 Å². The predicted molar refractivity (Wildman–Crippen MR) is 76.7 cm³/mol. The molecule has 1 atom stereocenters. The summed E-state index contributed by atoms with van der Waals surface area (Å²) in [7, 11) is 1.75. The van der Waals surface area contributed by atoms with Crippen LogP contribution in [0.1, 0.15) is 34.3 Å². The van der Waals surface area contributed by atoms with E-state index in [1.165, 1.54) is 5.56 Å². The molecule has 0 radical (unpaired) electrons. The van der Waals surface area contributed by atoms with Crippen molar-refractivity contribution in [2.75, 3.05) is 26.7 Å². The number of ether oxygens (including phenoxy) is 1. The Balaban J connectivity index is 2.00. The molecule has 3 nitrogen and oxygen atoms in total. The second kappa shape index (κ2) is 6.31. The minimum atomic E-state index is 0.217. The molecule has 0 aliphatic carbocycles. The molecule has 1 heterocycles. The highest BCUT2D eigenvalue weighted by atomic mass is 16.5. The SMILES string of the molecule is COC1CCCN(CC(=O)c2ccc(C)cc2C)C1. The molecule has 19 heavy (non-hydrogen) atoms. The standard InChI is InChI=1S/C16H23NO2/c1-12-6-7-15(13(2)9-12)16(18)11-17-8-4-5-14(10-17)19-3/h6-7,9,14H,4-5,8,10-11H2,1-3H3. The average Bonchev–Trinajstić information content (AvgIpc) is 2.38. The summed E-state index contributed by atoms with van der Waals surface area (Å²) in [6, 6.07) is 6.03. The van der Waals surface area contributed by atoms with Crippen molar-refractivity contribution in [3.05, 3.63) is 34.9 Å². The third kappa shape index (κ3) is 3.64. The summed E-state index contributed by atoms with van der Waals surface area (Å²) in [4.78, 5) is 14.6. The zero-order valence-electron chi connectivity index (χ0n) is 12.1. The molecule has 0 amide bonds. The first-order valence-electron chi connectivity index (χ1n) is 6.95. The second-order valence-electron chi connectivity index (χ2n) is 5.48. The summed E-state index contributed by atoms with van der Waals surface area (Å²) in [6.45, 7) is 6.43. The molecule has 0 saturated carbocycles. The first-order chi connectivity index (χ1) is 9.10. The van der Waals surface area contributed by atoms with Crippen LogP contribution in [0.5, 0.6) is 0 Å². The molecule has 1 aromatic carbocycles. The van der Waals surface area contributed by atoms with E-state index in [1.807, 2.05) is 19.1 Å². The maximum absolute atomic E-state index is 12.4. The Morgan fingerprint density at radius 2 is 2.21 bits per heavy atom. The smallest absolute Gasteiger partial charge is 0.177 e. The number of Topliss-reactive ketones (excluding diaryl/α,β-unsaturated/α-hetero) is 1. The zero-order valence-corrected chi connectivity index (χ0v) is 12.1. The van der Waals surface area contributed by atoms with Gasteiger partial charge < -0.3 is 4.74 Å². The average molecular weight is 261 g/mol. The summed E-state index contributed by atoms with van der Waals surface area (Å²) in [6.07, 6.45) is 2.49. The molecule has 1 saturated heterocycles. The van der Waals surface area contributed by atoms with Gasteiger partial charge in [0.1, 0.15) is 0 Å². The van der Waals surface area contributed by atoms with Gasteiger partial charge in [-0.25, -0.2) is 0 Å². The summed E-state index contributed by atoms with van der Waals surface area (Å²) < 4.78 is 5.40. The van der Waals surface area contributed by atoms with E-state index in [4.69, 9.17) is 4.74 Å². The van der Waals surface area contributed by atoms with Gasteiger partial charge >= 0.3 is 0 Å². The van der Waals surface area contributed by atoms with E-state index in [1.54, 1.807) is 7.11 Å². The van der Waals surface area contributed by atoms with E-state index in [9.17, 15) is 4.79 Å². The van der Waals surface area contributed by atoms with Gasteiger partial charge in [-0.1, -0.05) is 23.8 Å². The van der Waals surface area contributed by atoms with Gasteiger partial charge in [-0.3, -0.25) is 9.69 Å². The number of carbonyl (C=O) groups excluding carboxylic acids is 1. The van der Waals surface area contributed by atoms with Crippen molar-refractivity contribution in [3.8, 4) is 0 Å². The number of carbonyl (C=O) groups is 1. The molecule has 0 N–H and O–H groups in total.